The van der Waals surface area contributed by atoms with E-state index < -0.39 is 21.0 Å². The van der Waals surface area contributed by atoms with Crippen LogP contribution in [0.4, 0.5) is 5.69 Å². The number of rotatable bonds is 6. The van der Waals surface area contributed by atoms with Gasteiger partial charge in [-0.15, -0.1) is 0 Å². The molecule has 0 amide bonds. The Morgan fingerprint density at radius 1 is 1.10 bits per heavy atom. The average Bonchev–Trinajstić information content (AvgIpc) is 2.27. The Bertz CT molecular complexity index is 539. The molecular weight excluding hydrogens is 274 g/mol. The molecular formula is C15H25NO3S. The first-order chi connectivity index (χ1) is 8.99. The molecule has 2 N–H and O–H groups in total. The largest absolute Gasteiger partial charge is 0.388 e. The molecule has 1 aromatic rings. The van der Waals surface area contributed by atoms with Crippen molar-refractivity contribution >= 4 is 15.5 Å². The van der Waals surface area contributed by atoms with E-state index in [9.17, 15) is 13.5 Å². The normalized spacial score (nSPS) is 13.3. The summed E-state index contributed by atoms with van der Waals surface area (Å²) in [6.45, 7) is 9.11. The molecule has 0 aromatic heterocycles. The lowest BCUT2D eigenvalue weighted by molar-refractivity contribution is 0.0240. The van der Waals surface area contributed by atoms with Crippen molar-refractivity contribution in [1.82, 2.24) is 0 Å². The van der Waals surface area contributed by atoms with Gasteiger partial charge in [0.15, 0.2) is 9.84 Å². The molecule has 1 rings (SSSR count). The molecule has 0 aliphatic rings. The summed E-state index contributed by atoms with van der Waals surface area (Å²) in [6.07, 6.45) is 0.605. The summed E-state index contributed by atoms with van der Waals surface area (Å²) >= 11 is 0. The van der Waals surface area contributed by atoms with E-state index in [0.717, 1.165) is 5.69 Å². The van der Waals surface area contributed by atoms with Crippen molar-refractivity contribution in [1.29, 1.82) is 0 Å². The number of aliphatic hydroxyl groups is 1. The molecule has 0 fully saturated rings. The summed E-state index contributed by atoms with van der Waals surface area (Å²) < 4.78 is 23.9. The van der Waals surface area contributed by atoms with Crippen LogP contribution in [0.2, 0.25) is 0 Å². The molecule has 0 aliphatic heterocycles. The molecule has 1 aromatic carbocycles. The van der Waals surface area contributed by atoms with Crippen LogP contribution in [0.25, 0.3) is 0 Å². The number of sulfone groups is 1. The molecule has 5 heteroatoms. The highest BCUT2D eigenvalue weighted by molar-refractivity contribution is 7.91. The maximum atomic E-state index is 11.9. The van der Waals surface area contributed by atoms with E-state index in [1.807, 2.05) is 20.8 Å². The molecule has 0 radical (unpaired) electrons. The summed E-state index contributed by atoms with van der Waals surface area (Å²) in [5, 5.41) is 13.3. The van der Waals surface area contributed by atoms with E-state index in [0.29, 0.717) is 11.3 Å². The molecule has 0 saturated carbocycles. The van der Waals surface area contributed by atoms with Gasteiger partial charge in [0.25, 0.3) is 0 Å². The summed E-state index contributed by atoms with van der Waals surface area (Å²) in [6, 6.07) is 6.67. The predicted molar refractivity (Wildman–Crippen MR) is 82.8 cm³/mol. The summed E-state index contributed by atoms with van der Waals surface area (Å²) in [7, 11) is -3.18. The Morgan fingerprint density at radius 3 is 2.00 bits per heavy atom. The summed E-state index contributed by atoms with van der Waals surface area (Å²) in [5.41, 5.74) is -0.649. The zero-order valence-corrected chi connectivity index (χ0v) is 13.7. The SMILES string of the molecule is CCCS(=O)(=O)c1ccc(NC(C)(C)C(C)(C)O)cc1. The molecule has 0 unspecified atom stereocenters. The minimum Gasteiger partial charge on any atom is -0.388 e. The highest BCUT2D eigenvalue weighted by Crippen LogP contribution is 2.26. The van der Waals surface area contributed by atoms with Crippen molar-refractivity contribution in [2.24, 2.45) is 0 Å². The van der Waals surface area contributed by atoms with E-state index in [1.54, 1.807) is 38.1 Å². The zero-order chi connectivity index (χ0) is 15.6. The maximum absolute atomic E-state index is 11.9. The van der Waals surface area contributed by atoms with Gasteiger partial charge in [-0.3, -0.25) is 0 Å². The van der Waals surface area contributed by atoms with Gasteiger partial charge in [-0.2, -0.15) is 0 Å². The summed E-state index contributed by atoms with van der Waals surface area (Å²) in [5.74, 6) is 0.162. The molecule has 0 saturated heterocycles. The van der Waals surface area contributed by atoms with Crippen molar-refractivity contribution in [2.75, 3.05) is 11.1 Å². The van der Waals surface area contributed by atoms with Gasteiger partial charge in [-0.1, -0.05) is 6.92 Å². The third-order valence-electron chi connectivity index (χ3n) is 3.67. The molecule has 0 heterocycles. The average molecular weight is 299 g/mol. The number of benzene rings is 1. The predicted octanol–water partition coefficient (Wildman–Crippen LogP) is 2.83. The van der Waals surface area contributed by atoms with Crippen LogP contribution in [0, 0.1) is 0 Å². The Kier molecular flexibility index (Phi) is 4.87. The zero-order valence-electron chi connectivity index (χ0n) is 12.9. The Morgan fingerprint density at radius 2 is 1.60 bits per heavy atom. The van der Waals surface area contributed by atoms with Crippen LogP contribution in [0.3, 0.4) is 0 Å². The fourth-order valence-corrected chi connectivity index (χ4v) is 2.97. The second-order valence-electron chi connectivity index (χ2n) is 6.15. The first kappa shape index (κ1) is 17.0. The molecule has 0 atom stereocenters. The fourth-order valence-electron chi connectivity index (χ4n) is 1.65. The van der Waals surface area contributed by atoms with Crippen molar-refractivity contribution in [2.45, 2.75) is 57.1 Å². The number of nitrogens with one attached hydrogen (secondary N) is 1. The van der Waals surface area contributed by atoms with E-state index in [-0.39, 0.29) is 5.75 Å². The Labute approximate surface area is 122 Å². The van der Waals surface area contributed by atoms with Crippen molar-refractivity contribution in [3.05, 3.63) is 24.3 Å². The molecule has 4 nitrogen and oxygen atoms in total. The number of hydrogen-bond acceptors (Lipinski definition) is 4. The van der Waals surface area contributed by atoms with Crippen LogP contribution in [0.15, 0.2) is 29.2 Å². The maximum Gasteiger partial charge on any atom is 0.178 e. The molecule has 0 bridgehead atoms. The van der Waals surface area contributed by atoms with Crippen molar-refractivity contribution in [3.63, 3.8) is 0 Å². The lowest BCUT2D eigenvalue weighted by atomic mass is 9.86. The van der Waals surface area contributed by atoms with Gasteiger partial charge in [0.2, 0.25) is 0 Å². The highest BCUT2D eigenvalue weighted by atomic mass is 32.2. The van der Waals surface area contributed by atoms with Gasteiger partial charge in [0.05, 0.1) is 21.8 Å². The molecule has 20 heavy (non-hydrogen) atoms. The minimum absolute atomic E-state index is 0.162. The topological polar surface area (TPSA) is 66.4 Å². The second kappa shape index (κ2) is 5.74. The van der Waals surface area contributed by atoms with E-state index in [1.165, 1.54) is 0 Å². The van der Waals surface area contributed by atoms with Gasteiger partial charge in [-0.05, 0) is 58.4 Å². The lowest BCUT2D eigenvalue weighted by Crippen LogP contribution is -2.51. The first-order valence-corrected chi connectivity index (χ1v) is 8.48. The van der Waals surface area contributed by atoms with E-state index in [2.05, 4.69) is 5.32 Å². The Balaban J connectivity index is 2.94. The minimum atomic E-state index is -3.18. The van der Waals surface area contributed by atoms with Gasteiger partial charge >= 0.3 is 0 Å². The number of hydrogen-bond donors (Lipinski definition) is 2. The molecule has 114 valence electrons. The smallest absolute Gasteiger partial charge is 0.178 e. The van der Waals surface area contributed by atoms with Gasteiger partial charge in [0.1, 0.15) is 0 Å². The van der Waals surface area contributed by atoms with E-state index >= 15 is 0 Å². The number of anilines is 1. The van der Waals surface area contributed by atoms with Crippen LogP contribution < -0.4 is 5.32 Å². The van der Waals surface area contributed by atoms with Crippen LogP contribution >= 0.6 is 0 Å². The van der Waals surface area contributed by atoms with Crippen LogP contribution in [-0.2, 0) is 9.84 Å². The van der Waals surface area contributed by atoms with Crippen LogP contribution in [-0.4, -0.2) is 30.4 Å². The third kappa shape index (κ3) is 3.96. The van der Waals surface area contributed by atoms with Gasteiger partial charge in [0, 0.05) is 5.69 Å². The quantitative estimate of drug-likeness (QED) is 0.847. The lowest BCUT2D eigenvalue weighted by Gasteiger charge is -2.38. The Hall–Kier alpha value is -1.07. The van der Waals surface area contributed by atoms with Crippen molar-refractivity contribution in [3.8, 4) is 0 Å². The van der Waals surface area contributed by atoms with Gasteiger partial charge in [-0.25, -0.2) is 8.42 Å². The summed E-state index contributed by atoms with van der Waals surface area (Å²) in [4.78, 5) is 0.339. The molecule has 0 aliphatic carbocycles. The monoisotopic (exact) mass is 299 g/mol. The highest BCUT2D eigenvalue weighted by Gasteiger charge is 2.34. The van der Waals surface area contributed by atoms with Crippen molar-refractivity contribution < 1.29 is 13.5 Å². The van der Waals surface area contributed by atoms with E-state index in [4.69, 9.17) is 0 Å². The first-order valence-electron chi connectivity index (χ1n) is 6.83. The van der Waals surface area contributed by atoms with Gasteiger partial charge < -0.3 is 10.4 Å². The third-order valence-corrected chi connectivity index (χ3v) is 5.61. The van der Waals surface area contributed by atoms with Crippen LogP contribution in [0.5, 0.6) is 0 Å². The second-order valence-corrected chi connectivity index (χ2v) is 8.26. The standard InChI is InChI=1S/C15H25NO3S/c1-6-11-20(18,19)13-9-7-12(8-10-13)16-14(2,3)15(4,5)17/h7-10,16-17H,6,11H2,1-5H3. The fraction of sp³-hybridized carbons (Fsp3) is 0.600. The van der Waals surface area contributed by atoms with Crippen LogP contribution in [0.1, 0.15) is 41.0 Å². The molecule has 0 spiro atoms.